The molecule has 0 spiro atoms. The molecule has 0 saturated carbocycles. The quantitative estimate of drug-likeness (QED) is 0.328. The fraction of sp³-hybridized carbons (Fsp3) is 0.512. The average Bonchev–Trinajstić information content (AvgIpc) is 3.20. The molecule has 3 saturated heterocycles. The van der Waals surface area contributed by atoms with Crippen LogP contribution < -0.4 is 20.0 Å². The van der Waals surface area contributed by atoms with Crippen molar-refractivity contribution in [2.24, 2.45) is 0 Å². The zero-order valence-electron chi connectivity index (χ0n) is 31.1. The smallest absolute Gasteiger partial charge is 0.274 e. The molecule has 3 fully saturated rings. The molecule has 5 aliphatic heterocycles. The van der Waals surface area contributed by atoms with Crippen LogP contribution in [0.4, 0.5) is 22.7 Å². The maximum Gasteiger partial charge on any atom is 0.274 e. The Balaban J connectivity index is 0.000000181. The Morgan fingerprint density at radius 3 is 1.60 bits per heavy atom. The molecule has 2 aromatic carbocycles. The lowest BCUT2D eigenvalue weighted by Crippen LogP contribution is -2.45. The summed E-state index contributed by atoms with van der Waals surface area (Å²) in [5, 5.41) is 2.93. The Bertz CT molecular complexity index is 1630. The van der Waals surface area contributed by atoms with Crippen LogP contribution in [-0.4, -0.2) is 106 Å². The topological polar surface area (TPSA) is 115 Å². The molecular weight excluding hydrogens is 672 g/mol. The van der Waals surface area contributed by atoms with Crippen LogP contribution in [0.15, 0.2) is 72.1 Å². The predicted octanol–water partition coefficient (Wildman–Crippen LogP) is 5.31. The number of hydrogen-bond donors (Lipinski definition) is 1. The van der Waals surface area contributed by atoms with E-state index in [2.05, 4.69) is 22.0 Å². The van der Waals surface area contributed by atoms with Gasteiger partial charge in [-0.1, -0.05) is 31.9 Å². The number of carbonyl (C=O) groups is 4. The van der Waals surface area contributed by atoms with E-state index in [-0.39, 0.29) is 23.6 Å². The third-order valence-corrected chi connectivity index (χ3v) is 10.3. The Hall–Kier alpha value is -4.68. The standard InChI is InChI=1S/C21H29N3O3.C20H25N3O3/c1-2-3-4-7-20(25)22-17-8-10-18(11-9-17)24-12-5-6-19(21(24)26)23-13-15-27-16-14-23;24-19-5-1-2-10-22(19)16-6-8-17(9-7-16)23-11-3-4-18(20(23)25)21-12-14-26-15-13-21/h6,8-11H,2-5,7,12-16H2,1H3,(H,22,25);4,6-9H,1-3,5,10-15H2. The molecule has 12 nitrogen and oxygen atoms in total. The van der Waals surface area contributed by atoms with Gasteiger partial charge in [-0.05, 0) is 80.6 Å². The molecule has 53 heavy (non-hydrogen) atoms. The molecular formula is C41H54N6O6. The molecule has 5 aliphatic rings. The Labute approximate surface area is 313 Å². The van der Waals surface area contributed by atoms with Crippen molar-refractivity contribution in [1.82, 2.24) is 9.80 Å². The highest BCUT2D eigenvalue weighted by Crippen LogP contribution is 2.28. The van der Waals surface area contributed by atoms with Gasteiger partial charge in [0.1, 0.15) is 0 Å². The molecule has 0 unspecified atom stereocenters. The van der Waals surface area contributed by atoms with E-state index in [0.29, 0.717) is 52.4 Å². The summed E-state index contributed by atoms with van der Waals surface area (Å²) in [5.74, 6) is 0.331. The molecule has 12 heteroatoms. The highest BCUT2D eigenvalue weighted by atomic mass is 16.5. The maximum atomic E-state index is 13.0. The number of piperidine rings is 1. The highest BCUT2D eigenvalue weighted by molar-refractivity contribution is 6.07. The summed E-state index contributed by atoms with van der Waals surface area (Å²) >= 11 is 0. The molecule has 5 heterocycles. The van der Waals surface area contributed by atoms with Gasteiger partial charge in [-0.15, -0.1) is 0 Å². The third-order valence-electron chi connectivity index (χ3n) is 10.3. The molecule has 0 bridgehead atoms. The van der Waals surface area contributed by atoms with Crippen molar-refractivity contribution >= 4 is 46.4 Å². The number of amides is 4. The largest absolute Gasteiger partial charge is 0.378 e. The number of unbranched alkanes of at least 4 members (excludes halogenated alkanes) is 2. The lowest BCUT2D eigenvalue weighted by atomic mass is 10.1. The van der Waals surface area contributed by atoms with Gasteiger partial charge in [0.15, 0.2) is 0 Å². The summed E-state index contributed by atoms with van der Waals surface area (Å²) in [6.07, 6.45) is 12.1. The minimum absolute atomic E-state index is 0.0412. The normalized spacial score (nSPS) is 19.7. The summed E-state index contributed by atoms with van der Waals surface area (Å²) in [6.45, 7) is 9.99. The van der Waals surface area contributed by atoms with Gasteiger partial charge in [0.25, 0.3) is 11.8 Å². The lowest BCUT2D eigenvalue weighted by Gasteiger charge is -2.35. The summed E-state index contributed by atoms with van der Waals surface area (Å²) in [4.78, 5) is 59.7. The zero-order chi connectivity index (χ0) is 37.0. The van der Waals surface area contributed by atoms with Crippen LogP contribution in [-0.2, 0) is 28.7 Å². The van der Waals surface area contributed by atoms with E-state index < -0.39 is 0 Å². The van der Waals surface area contributed by atoms with E-state index in [1.807, 2.05) is 75.4 Å². The molecule has 284 valence electrons. The number of carbonyl (C=O) groups excluding carboxylic acids is 4. The molecule has 1 N–H and O–H groups in total. The van der Waals surface area contributed by atoms with Crippen LogP contribution in [0.25, 0.3) is 0 Å². The average molecular weight is 727 g/mol. The first-order chi connectivity index (χ1) is 25.9. The summed E-state index contributed by atoms with van der Waals surface area (Å²) in [5.41, 5.74) is 5.01. The van der Waals surface area contributed by atoms with E-state index in [9.17, 15) is 19.2 Å². The number of morpholine rings is 2. The van der Waals surface area contributed by atoms with Crippen molar-refractivity contribution in [3.05, 3.63) is 72.1 Å². The SMILES string of the molecule is CCCCCC(=O)Nc1ccc(N2CCC=C(N3CCOCC3)C2=O)cc1.O=C1CCCCN1c1ccc(N2CCC=C(N3CCOCC3)C2=O)cc1. The fourth-order valence-corrected chi connectivity index (χ4v) is 7.32. The van der Waals surface area contributed by atoms with Gasteiger partial charge in [0.2, 0.25) is 11.8 Å². The maximum absolute atomic E-state index is 13.0. The zero-order valence-corrected chi connectivity index (χ0v) is 31.1. The summed E-state index contributed by atoms with van der Waals surface area (Å²) < 4.78 is 10.8. The number of hydrogen-bond acceptors (Lipinski definition) is 8. The molecule has 0 atom stereocenters. The summed E-state index contributed by atoms with van der Waals surface area (Å²) in [6, 6.07) is 15.4. The van der Waals surface area contributed by atoms with Gasteiger partial charge >= 0.3 is 0 Å². The van der Waals surface area contributed by atoms with Gasteiger partial charge in [-0.25, -0.2) is 0 Å². The molecule has 0 aromatic heterocycles. The van der Waals surface area contributed by atoms with E-state index in [1.54, 1.807) is 0 Å². The predicted molar refractivity (Wildman–Crippen MR) is 207 cm³/mol. The second-order valence-electron chi connectivity index (χ2n) is 13.9. The van der Waals surface area contributed by atoms with E-state index >= 15 is 0 Å². The van der Waals surface area contributed by atoms with Gasteiger partial charge in [-0.2, -0.15) is 0 Å². The van der Waals surface area contributed by atoms with Gasteiger partial charge < -0.3 is 39.3 Å². The van der Waals surface area contributed by atoms with Crippen LogP contribution in [0.5, 0.6) is 0 Å². The number of nitrogens with one attached hydrogen (secondary N) is 1. The molecule has 7 rings (SSSR count). The number of benzene rings is 2. The van der Waals surface area contributed by atoms with Crippen molar-refractivity contribution in [2.75, 3.05) is 92.3 Å². The second-order valence-corrected chi connectivity index (χ2v) is 13.9. The Morgan fingerprint density at radius 1 is 0.623 bits per heavy atom. The van der Waals surface area contributed by atoms with Gasteiger partial charge in [0.05, 0.1) is 37.8 Å². The fourth-order valence-electron chi connectivity index (χ4n) is 7.32. The Morgan fingerprint density at radius 2 is 1.11 bits per heavy atom. The number of ether oxygens (including phenoxy) is 2. The highest BCUT2D eigenvalue weighted by Gasteiger charge is 2.30. The van der Waals surface area contributed by atoms with Crippen molar-refractivity contribution < 1.29 is 28.7 Å². The molecule has 0 radical (unpaired) electrons. The van der Waals surface area contributed by atoms with Crippen LogP contribution >= 0.6 is 0 Å². The number of anilines is 4. The lowest BCUT2D eigenvalue weighted by molar-refractivity contribution is -0.120. The van der Waals surface area contributed by atoms with E-state index in [0.717, 1.165) is 112 Å². The van der Waals surface area contributed by atoms with Crippen molar-refractivity contribution in [3.8, 4) is 0 Å². The second kappa shape index (κ2) is 18.9. The van der Waals surface area contributed by atoms with Crippen LogP contribution in [0.2, 0.25) is 0 Å². The third kappa shape index (κ3) is 9.85. The summed E-state index contributed by atoms with van der Waals surface area (Å²) in [7, 11) is 0. The van der Waals surface area contributed by atoms with Crippen molar-refractivity contribution in [2.45, 2.75) is 64.7 Å². The molecule has 2 aromatic rings. The van der Waals surface area contributed by atoms with E-state index in [1.165, 1.54) is 0 Å². The first kappa shape index (κ1) is 38.1. The minimum Gasteiger partial charge on any atom is -0.378 e. The minimum atomic E-state index is 0.0412. The number of nitrogens with zero attached hydrogens (tertiary/aromatic N) is 5. The monoisotopic (exact) mass is 726 g/mol. The molecule has 0 aliphatic carbocycles. The van der Waals surface area contributed by atoms with Gasteiger partial charge in [-0.3, -0.25) is 19.2 Å². The van der Waals surface area contributed by atoms with Gasteiger partial charge in [0, 0.05) is 81.4 Å². The van der Waals surface area contributed by atoms with Crippen molar-refractivity contribution in [3.63, 3.8) is 0 Å². The number of rotatable bonds is 10. The van der Waals surface area contributed by atoms with Crippen LogP contribution in [0.3, 0.4) is 0 Å². The van der Waals surface area contributed by atoms with E-state index in [4.69, 9.17) is 9.47 Å². The Kier molecular flexibility index (Phi) is 13.6. The first-order valence-corrected chi connectivity index (χ1v) is 19.4. The molecule has 4 amide bonds. The van der Waals surface area contributed by atoms with Crippen molar-refractivity contribution in [1.29, 1.82) is 0 Å². The first-order valence-electron chi connectivity index (χ1n) is 19.4. The van der Waals surface area contributed by atoms with Crippen LogP contribution in [0, 0.1) is 0 Å². The van der Waals surface area contributed by atoms with Crippen LogP contribution in [0.1, 0.15) is 64.7 Å².